The number of halogens is 4. The predicted molar refractivity (Wildman–Crippen MR) is 126 cm³/mol. The molecule has 0 aliphatic carbocycles. The van der Waals surface area contributed by atoms with Gasteiger partial charge in [-0.1, -0.05) is 31.5 Å². The van der Waals surface area contributed by atoms with Gasteiger partial charge in [0.25, 0.3) is 0 Å². The van der Waals surface area contributed by atoms with Crippen LogP contribution in [0.2, 0.25) is 5.02 Å². The fraction of sp³-hybridized carbons (Fsp3) is 0.348. The highest BCUT2D eigenvalue weighted by atomic mass is 35.5. The molecule has 2 aliphatic heterocycles. The summed E-state index contributed by atoms with van der Waals surface area (Å²) >= 11 is 7.88. The molecule has 1 aromatic heterocycles. The van der Waals surface area contributed by atoms with Gasteiger partial charge in [-0.2, -0.15) is 8.78 Å². The molecule has 4 rings (SSSR count). The number of alkyl halides is 2. The summed E-state index contributed by atoms with van der Waals surface area (Å²) in [6.45, 7) is 2.18. The Bertz CT molecular complexity index is 1140. The summed E-state index contributed by atoms with van der Waals surface area (Å²) in [4.78, 5) is 11.5. The quantitative estimate of drug-likeness (QED) is 0.358. The number of rotatable bonds is 7. The Morgan fingerprint density at radius 3 is 2.85 bits per heavy atom. The van der Waals surface area contributed by atoms with Gasteiger partial charge < -0.3 is 15.6 Å². The molecule has 0 bridgehead atoms. The van der Waals surface area contributed by atoms with Gasteiger partial charge in [0.15, 0.2) is 10.8 Å². The first-order valence-electron chi connectivity index (χ1n) is 10.4. The lowest BCUT2D eigenvalue weighted by Gasteiger charge is -2.33. The minimum absolute atomic E-state index is 0.0800. The SMILES string of the molecule is CC[C@]1(C)CC2=C(/C(C=N)=C/NC(F)F)[C@H](c3ccc(F)cc3Cl)N=C(c3nccs3)N2C1. The maximum atomic E-state index is 13.8. The van der Waals surface area contributed by atoms with Crippen LogP contribution in [-0.2, 0) is 0 Å². The number of fused-ring (bicyclic) bond motifs is 1. The van der Waals surface area contributed by atoms with Crippen LogP contribution in [0.3, 0.4) is 0 Å². The molecule has 1 fully saturated rings. The number of benzene rings is 1. The molecule has 0 amide bonds. The molecule has 2 atom stereocenters. The zero-order chi connectivity index (χ0) is 23.8. The third kappa shape index (κ3) is 4.56. The van der Waals surface area contributed by atoms with Crippen LogP contribution in [0.25, 0.3) is 0 Å². The molecule has 10 heteroatoms. The van der Waals surface area contributed by atoms with Crippen molar-refractivity contribution in [2.24, 2.45) is 10.4 Å². The Kier molecular flexibility index (Phi) is 6.63. The minimum Gasteiger partial charge on any atom is -0.336 e. The molecule has 0 spiro atoms. The third-order valence-corrected chi connectivity index (χ3v) is 7.21. The molecule has 3 heterocycles. The Morgan fingerprint density at radius 1 is 1.45 bits per heavy atom. The van der Waals surface area contributed by atoms with Gasteiger partial charge in [0, 0.05) is 52.4 Å². The predicted octanol–water partition coefficient (Wildman–Crippen LogP) is 6.16. The molecule has 2 N–H and O–H groups in total. The maximum Gasteiger partial charge on any atom is 0.312 e. The van der Waals surface area contributed by atoms with Gasteiger partial charge in [-0.25, -0.2) is 9.37 Å². The number of nitrogens with zero attached hydrogens (tertiary/aromatic N) is 3. The first kappa shape index (κ1) is 23.5. The number of allylic oxidation sites excluding steroid dienone is 1. The van der Waals surface area contributed by atoms with Crippen molar-refractivity contribution in [3.63, 3.8) is 0 Å². The van der Waals surface area contributed by atoms with Crippen LogP contribution < -0.4 is 5.32 Å². The van der Waals surface area contributed by atoms with Gasteiger partial charge in [-0.15, -0.1) is 11.3 Å². The molecule has 0 unspecified atom stereocenters. The van der Waals surface area contributed by atoms with Crippen molar-refractivity contribution in [1.82, 2.24) is 15.2 Å². The smallest absolute Gasteiger partial charge is 0.312 e. The van der Waals surface area contributed by atoms with Crippen LogP contribution in [0.1, 0.15) is 43.3 Å². The first-order valence-corrected chi connectivity index (χ1v) is 11.7. The molecule has 174 valence electrons. The Labute approximate surface area is 199 Å². The number of thiazole rings is 1. The second-order valence-corrected chi connectivity index (χ2v) is 9.66. The van der Waals surface area contributed by atoms with Crippen LogP contribution in [0.4, 0.5) is 13.2 Å². The summed E-state index contributed by atoms with van der Waals surface area (Å²) in [6, 6.07) is 3.34. The number of amidine groups is 1. The summed E-state index contributed by atoms with van der Waals surface area (Å²) in [5.74, 6) is 0.179. The van der Waals surface area contributed by atoms with E-state index in [-0.39, 0.29) is 16.0 Å². The first-order chi connectivity index (χ1) is 15.8. The molecule has 0 radical (unpaired) electrons. The van der Waals surface area contributed by atoms with Gasteiger partial charge in [0.1, 0.15) is 11.9 Å². The van der Waals surface area contributed by atoms with Crippen molar-refractivity contribution >= 4 is 35.0 Å². The summed E-state index contributed by atoms with van der Waals surface area (Å²) < 4.78 is 39.8. The van der Waals surface area contributed by atoms with E-state index in [0.717, 1.165) is 29.5 Å². The highest BCUT2D eigenvalue weighted by Gasteiger charge is 2.44. The molecule has 1 aromatic carbocycles. The van der Waals surface area contributed by atoms with E-state index in [9.17, 15) is 13.2 Å². The Hall–Kier alpha value is -2.65. The van der Waals surface area contributed by atoms with Gasteiger partial charge >= 0.3 is 6.55 Å². The molecular weight excluding hydrogens is 471 g/mol. The fourth-order valence-corrected chi connectivity index (χ4v) is 5.17. The second kappa shape index (κ2) is 9.30. The van der Waals surface area contributed by atoms with Crippen molar-refractivity contribution in [2.45, 2.75) is 39.3 Å². The van der Waals surface area contributed by atoms with Crippen molar-refractivity contribution in [1.29, 1.82) is 5.41 Å². The number of hydrogen-bond acceptors (Lipinski definition) is 6. The monoisotopic (exact) mass is 493 g/mol. The lowest BCUT2D eigenvalue weighted by Crippen LogP contribution is -2.35. The lowest BCUT2D eigenvalue weighted by molar-refractivity contribution is 0.125. The fourth-order valence-electron chi connectivity index (χ4n) is 4.25. The standard InChI is InChI=1S/C23H23ClF3N5S/c1-3-23(2)9-17-18(13(10-28)11-30-22(26)27)19(15-5-4-14(25)8-16(15)24)31-20(32(17)12-23)21-29-6-7-33-21/h4-8,10-11,19,22,28,30H,3,9,12H2,1-2H3/b13-11+,28-10?/t19-,23+/m0/s1. The van der Waals surface area contributed by atoms with E-state index in [1.807, 2.05) is 10.7 Å². The van der Waals surface area contributed by atoms with Gasteiger partial charge in [0.05, 0.1) is 0 Å². The highest BCUT2D eigenvalue weighted by molar-refractivity contribution is 7.11. The summed E-state index contributed by atoms with van der Waals surface area (Å²) in [7, 11) is 0. The molecular formula is C23H23ClF3N5S. The number of nitrogens with one attached hydrogen (secondary N) is 2. The number of aliphatic imine (C=N–C) groups is 1. The van der Waals surface area contributed by atoms with Crippen LogP contribution >= 0.6 is 22.9 Å². The van der Waals surface area contributed by atoms with Crippen LogP contribution in [-0.4, -0.2) is 35.0 Å². The van der Waals surface area contributed by atoms with Gasteiger partial charge in [-0.3, -0.25) is 4.99 Å². The highest BCUT2D eigenvalue weighted by Crippen LogP contribution is 2.49. The second-order valence-electron chi connectivity index (χ2n) is 8.36. The van der Waals surface area contributed by atoms with Gasteiger partial charge in [-0.05, 0) is 36.0 Å². The minimum atomic E-state index is -2.78. The van der Waals surface area contributed by atoms with E-state index >= 15 is 0 Å². The van der Waals surface area contributed by atoms with Crippen molar-refractivity contribution in [2.75, 3.05) is 6.54 Å². The Morgan fingerprint density at radius 2 is 2.24 bits per heavy atom. The molecule has 33 heavy (non-hydrogen) atoms. The van der Waals surface area contributed by atoms with E-state index in [4.69, 9.17) is 22.0 Å². The van der Waals surface area contributed by atoms with Crippen molar-refractivity contribution in [3.05, 3.63) is 74.2 Å². The Balaban J connectivity index is 1.97. The van der Waals surface area contributed by atoms with E-state index in [1.54, 1.807) is 12.3 Å². The molecule has 0 saturated carbocycles. The van der Waals surface area contributed by atoms with Crippen LogP contribution in [0.15, 0.2) is 57.8 Å². The average Bonchev–Trinajstić information content (AvgIpc) is 3.42. The molecule has 1 saturated heterocycles. The van der Waals surface area contributed by atoms with Crippen LogP contribution in [0, 0.1) is 16.6 Å². The average molecular weight is 494 g/mol. The normalized spacial score (nSPS) is 23.1. The summed E-state index contributed by atoms with van der Waals surface area (Å²) in [6.07, 6.45) is 5.43. The molecule has 2 aliphatic rings. The lowest BCUT2D eigenvalue weighted by atomic mass is 9.83. The summed E-state index contributed by atoms with van der Waals surface area (Å²) in [5.41, 5.74) is 2.20. The van der Waals surface area contributed by atoms with Crippen LogP contribution in [0.5, 0.6) is 0 Å². The zero-order valence-corrected chi connectivity index (χ0v) is 19.7. The summed E-state index contributed by atoms with van der Waals surface area (Å²) in [5, 5.41) is 12.7. The largest absolute Gasteiger partial charge is 0.336 e. The number of hydrogen-bond donors (Lipinski definition) is 2. The van der Waals surface area contributed by atoms with E-state index < -0.39 is 18.4 Å². The van der Waals surface area contributed by atoms with Gasteiger partial charge in [0.2, 0.25) is 0 Å². The topological polar surface area (TPSA) is 64.4 Å². The molecule has 5 nitrogen and oxygen atoms in total. The zero-order valence-electron chi connectivity index (χ0n) is 18.1. The van der Waals surface area contributed by atoms with E-state index in [1.165, 1.54) is 23.5 Å². The van der Waals surface area contributed by atoms with E-state index in [2.05, 4.69) is 23.7 Å². The van der Waals surface area contributed by atoms with E-state index in [0.29, 0.717) is 29.9 Å². The van der Waals surface area contributed by atoms with Crippen molar-refractivity contribution in [3.8, 4) is 0 Å². The number of aromatic nitrogens is 1. The molecule has 2 aromatic rings. The maximum absolute atomic E-state index is 13.8. The third-order valence-electron chi connectivity index (χ3n) is 6.12. The van der Waals surface area contributed by atoms with Crippen molar-refractivity contribution < 1.29 is 13.2 Å².